The van der Waals surface area contributed by atoms with Crippen LogP contribution in [0.5, 0.6) is 0 Å². The summed E-state index contributed by atoms with van der Waals surface area (Å²) in [6.45, 7) is 0.396. The summed E-state index contributed by atoms with van der Waals surface area (Å²) in [4.78, 5) is 1.63. The van der Waals surface area contributed by atoms with Crippen molar-refractivity contribution in [3.63, 3.8) is 0 Å². The number of benzene rings is 1. The smallest absolute Gasteiger partial charge is 0.374 e. The SMILES string of the molecule is CN(CCC#N)c1ccc(C(F)(F)F)c(C#N)c1. The van der Waals surface area contributed by atoms with Crippen LogP contribution in [-0.4, -0.2) is 13.6 Å². The van der Waals surface area contributed by atoms with Crippen LogP contribution >= 0.6 is 0 Å². The average Bonchev–Trinajstić information content (AvgIpc) is 2.33. The molecule has 0 N–H and O–H groups in total. The lowest BCUT2D eigenvalue weighted by Gasteiger charge is -2.19. The standard InChI is InChI=1S/C12H10F3N3/c1-18(6-2-5-16)10-3-4-11(12(13,14)15)9(7-10)8-17/h3-4,7H,2,6H2,1H3. The normalized spacial score (nSPS) is 10.6. The van der Waals surface area contributed by atoms with E-state index < -0.39 is 17.3 Å². The maximum atomic E-state index is 12.6. The Morgan fingerprint density at radius 2 is 1.94 bits per heavy atom. The van der Waals surface area contributed by atoms with Gasteiger partial charge in [0.15, 0.2) is 0 Å². The lowest BCUT2D eigenvalue weighted by molar-refractivity contribution is -0.137. The second-order valence-corrected chi connectivity index (χ2v) is 3.67. The first-order chi connectivity index (χ1) is 8.40. The van der Waals surface area contributed by atoms with Crippen LogP contribution in [0.3, 0.4) is 0 Å². The van der Waals surface area contributed by atoms with Gasteiger partial charge in [0.2, 0.25) is 0 Å². The van der Waals surface area contributed by atoms with Gasteiger partial charge in [-0.05, 0) is 18.2 Å². The number of hydrogen-bond acceptors (Lipinski definition) is 3. The van der Waals surface area contributed by atoms with Gasteiger partial charge in [0.1, 0.15) is 0 Å². The molecule has 0 aliphatic rings. The Bertz CT molecular complexity index is 509. The second-order valence-electron chi connectivity index (χ2n) is 3.67. The van der Waals surface area contributed by atoms with Crippen LogP contribution in [0.2, 0.25) is 0 Å². The summed E-state index contributed by atoms with van der Waals surface area (Å²) in [5.41, 5.74) is -0.874. The van der Waals surface area contributed by atoms with Crippen LogP contribution in [0.4, 0.5) is 18.9 Å². The van der Waals surface area contributed by atoms with Crippen molar-refractivity contribution in [2.24, 2.45) is 0 Å². The van der Waals surface area contributed by atoms with Gasteiger partial charge in [-0.3, -0.25) is 0 Å². The summed E-state index contributed by atoms with van der Waals surface area (Å²) in [6.07, 6.45) is -4.27. The van der Waals surface area contributed by atoms with Crippen molar-refractivity contribution in [3.05, 3.63) is 29.3 Å². The highest BCUT2D eigenvalue weighted by atomic mass is 19.4. The third-order valence-electron chi connectivity index (χ3n) is 2.43. The molecule has 0 unspecified atom stereocenters. The Kier molecular flexibility index (Phi) is 4.17. The number of halogens is 3. The van der Waals surface area contributed by atoms with Crippen LogP contribution in [0, 0.1) is 22.7 Å². The molecule has 18 heavy (non-hydrogen) atoms. The van der Waals surface area contributed by atoms with Crippen LogP contribution in [-0.2, 0) is 6.18 Å². The lowest BCUT2D eigenvalue weighted by atomic mass is 10.1. The van der Waals surface area contributed by atoms with E-state index in [-0.39, 0.29) is 6.42 Å². The van der Waals surface area contributed by atoms with Gasteiger partial charge in [-0.15, -0.1) is 0 Å². The van der Waals surface area contributed by atoms with Crippen molar-refractivity contribution in [1.29, 1.82) is 10.5 Å². The van der Waals surface area contributed by atoms with Crippen LogP contribution in [0.15, 0.2) is 18.2 Å². The summed E-state index contributed by atoms with van der Waals surface area (Å²) in [7, 11) is 1.65. The molecule has 3 nitrogen and oxygen atoms in total. The Balaban J connectivity index is 3.08. The third kappa shape index (κ3) is 3.14. The molecule has 0 aliphatic heterocycles. The summed E-state index contributed by atoms with van der Waals surface area (Å²) in [6, 6.07) is 6.85. The van der Waals surface area contributed by atoms with Crippen molar-refractivity contribution >= 4 is 5.69 Å². The molecule has 1 aromatic rings. The summed E-state index contributed by atoms with van der Waals surface area (Å²) >= 11 is 0. The number of alkyl halides is 3. The molecule has 0 atom stereocenters. The molecule has 0 saturated carbocycles. The first kappa shape index (κ1) is 13.9. The maximum Gasteiger partial charge on any atom is 0.417 e. The maximum absolute atomic E-state index is 12.6. The fraction of sp³-hybridized carbons (Fsp3) is 0.333. The number of nitrogens with zero attached hydrogens (tertiary/aromatic N) is 3. The molecule has 1 aromatic carbocycles. The lowest BCUT2D eigenvalue weighted by Crippen LogP contribution is -2.18. The minimum Gasteiger partial charge on any atom is -0.374 e. The quantitative estimate of drug-likeness (QED) is 0.832. The van der Waals surface area contributed by atoms with E-state index in [0.717, 1.165) is 6.07 Å². The molecule has 6 heteroatoms. The zero-order valence-electron chi connectivity index (χ0n) is 9.62. The molecule has 0 aromatic heterocycles. The molecule has 0 bridgehead atoms. The molecule has 0 heterocycles. The molecule has 0 radical (unpaired) electrons. The molecule has 1 rings (SSSR count). The van der Waals surface area contributed by atoms with E-state index in [9.17, 15) is 13.2 Å². The van der Waals surface area contributed by atoms with E-state index in [0.29, 0.717) is 12.2 Å². The van der Waals surface area contributed by atoms with E-state index in [1.807, 2.05) is 6.07 Å². The van der Waals surface area contributed by atoms with E-state index >= 15 is 0 Å². The second kappa shape index (κ2) is 5.42. The van der Waals surface area contributed by atoms with Crippen molar-refractivity contribution in [2.75, 3.05) is 18.5 Å². The molecular formula is C12H10F3N3. The molecule has 0 fully saturated rings. The van der Waals surface area contributed by atoms with Gasteiger partial charge >= 0.3 is 6.18 Å². The Labute approximate surface area is 103 Å². The molecule has 0 spiro atoms. The van der Waals surface area contributed by atoms with Gasteiger partial charge in [-0.2, -0.15) is 23.7 Å². The van der Waals surface area contributed by atoms with Crippen molar-refractivity contribution in [1.82, 2.24) is 0 Å². The molecule has 0 amide bonds. The minimum atomic E-state index is -4.53. The molecule has 94 valence electrons. The highest BCUT2D eigenvalue weighted by Crippen LogP contribution is 2.33. The van der Waals surface area contributed by atoms with Crippen molar-refractivity contribution in [2.45, 2.75) is 12.6 Å². The zero-order chi connectivity index (χ0) is 13.8. The Morgan fingerprint density at radius 3 is 2.44 bits per heavy atom. The van der Waals surface area contributed by atoms with Gasteiger partial charge in [0.25, 0.3) is 0 Å². The largest absolute Gasteiger partial charge is 0.417 e. The molecule has 0 aliphatic carbocycles. The first-order valence-electron chi connectivity index (χ1n) is 5.09. The fourth-order valence-corrected chi connectivity index (χ4v) is 1.46. The average molecular weight is 253 g/mol. The van der Waals surface area contributed by atoms with Crippen LogP contribution < -0.4 is 4.90 Å². The zero-order valence-corrected chi connectivity index (χ0v) is 9.62. The summed E-state index contributed by atoms with van der Waals surface area (Å²) in [5.74, 6) is 0. The number of rotatable bonds is 3. The topological polar surface area (TPSA) is 50.8 Å². The Morgan fingerprint density at radius 1 is 1.28 bits per heavy atom. The van der Waals surface area contributed by atoms with E-state index in [4.69, 9.17) is 10.5 Å². The highest BCUT2D eigenvalue weighted by Gasteiger charge is 2.33. The number of nitriles is 2. The van der Waals surface area contributed by atoms with E-state index in [2.05, 4.69) is 0 Å². The predicted octanol–water partition coefficient (Wildman–Crippen LogP) is 2.93. The summed E-state index contributed by atoms with van der Waals surface area (Å²) < 4.78 is 37.7. The fourth-order valence-electron chi connectivity index (χ4n) is 1.46. The van der Waals surface area contributed by atoms with Crippen LogP contribution in [0.25, 0.3) is 0 Å². The molecular weight excluding hydrogens is 243 g/mol. The first-order valence-corrected chi connectivity index (χ1v) is 5.09. The monoisotopic (exact) mass is 253 g/mol. The highest BCUT2D eigenvalue weighted by molar-refractivity contribution is 5.54. The van der Waals surface area contributed by atoms with Crippen molar-refractivity contribution in [3.8, 4) is 12.1 Å². The van der Waals surface area contributed by atoms with E-state index in [1.54, 1.807) is 18.0 Å². The summed E-state index contributed by atoms with van der Waals surface area (Å²) in [5, 5.41) is 17.2. The van der Waals surface area contributed by atoms with Gasteiger partial charge in [-0.1, -0.05) is 0 Å². The van der Waals surface area contributed by atoms with Crippen LogP contribution in [0.1, 0.15) is 17.5 Å². The van der Waals surface area contributed by atoms with Gasteiger partial charge < -0.3 is 4.90 Å². The molecule has 0 saturated heterocycles. The van der Waals surface area contributed by atoms with E-state index in [1.165, 1.54) is 12.1 Å². The minimum absolute atomic E-state index is 0.263. The number of anilines is 1. The van der Waals surface area contributed by atoms with Gasteiger partial charge in [0.05, 0.1) is 29.7 Å². The van der Waals surface area contributed by atoms with Crippen molar-refractivity contribution < 1.29 is 13.2 Å². The Hall–Kier alpha value is -2.21. The predicted molar refractivity (Wildman–Crippen MR) is 59.7 cm³/mol. The van der Waals surface area contributed by atoms with Gasteiger partial charge in [-0.25, -0.2) is 0 Å². The number of hydrogen-bond donors (Lipinski definition) is 0. The third-order valence-corrected chi connectivity index (χ3v) is 2.43. The van der Waals surface area contributed by atoms with Gasteiger partial charge in [0, 0.05) is 19.3 Å².